The molecule has 0 bridgehead atoms. The van der Waals surface area contributed by atoms with Crippen molar-refractivity contribution in [3.8, 4) is 0 Å². The molecule has 0 radical (unpaired) electrons. The number of H-pyrrole nitrogens is 1. The van der Waals surface area contributed by atoms with Gasteiger partial charge in [0.15, 0.2) is 5.65 Å². The molecular weight excluding hydrogens is 164 g/mol. The summed E-state index contributed by atoms with van der Waals surface area (Å²) in [5.41, 5.74) is 1.89. The van der Waals surface area contributed by atoms with Crippen molar-refractivity contribution in [2.45, 2.75) is 26.2 Å². The zero-order chi connectivity index (χ0) is 9.26. The summed E-state index contributed by atoms with van der Waals surface area (Å²) in [7, 11) is 0. The second kappa shape index (κ2) is 3.12. The Balaban J connectivity index is 2.57. The summed E-state index contributed by atoms with van der Waals surface area (Å²) in [4.78, 5) is 8.06. The zero-order valence-corrected chi connectivity index (χ0v) is 7.78. The fourth-order valence-corrected chi connectivity index (χ4v) is 1.36. The number of nitrogens with one attached hydrogen (secondary N) is 1. The molecule has 0 fully saturated rings. The van der Waals surface area contributed by atoms with Gasteiger partial charge in [-0.3, -0.25) is 5.10 Å². The summed E-state index contributed by atoms with van der Waals surface area (Å²) in [5.74, 6) is 0.482. The third-order valence-electron chi connectivity index (χ3n) is 2.37. The Kier molecular flexibility index (Phi) is 1.96. The monoisotopic (exact) mass is 176 g/mol. The van der Waals surface area contributed by atoms with Gasteiger partial charge in [0.05, 0.1) is 5.39 Å². The first-order valence-electron chi connectivity index (χ1n) is 4.47. The van der Waals surface area contributed by atoms with Gasteiger partial charge in [0.2, 0.25) is 0 Å². The van der Waals surface area contributed by atoms with E-state index in [-0.39, 0.29) is 0 Å². The number of rotatable bonds is 2. The molecule has 0 spiro atoms. The minimum Gasteiger partial charge on any atom is -0.279 e. The fourth-order valence-electron chi connectivity index (χ4n) is 1.36. The van der Waals surface area contributed by atoms with Crippen LogP contribution in [0.3, 0.4) is 0 Å². The van der Waals surface area contributed by atoms with Gasteiger partial charge < -0.3 is 0 Å². The van der Waals surface area contributed by atoms with Crippen molar-refractivity contribution < 1.29 is 0 Å². The van der Waals surface area contributed by atoms with Crippen LogP contribution in [0.2, 0.25) is 0 Å². The van der Waals surface area contributed by atoms with Crippen LogP contribution in [0.25, 0.3) is 11.0 Å². The molecule has 2 aromatic heterocycles. The first-order valence-corrected chi connectivity index (χ1v) is 4.47. The highest BCUT2D eigenvalue weighted by Crippen LogP contribution is 2.22. The highest BCUT2D eigenvalue weighted by molar-refractivity contribution is 5.76. The topological polar surface area (TPSA) is 54.5 Å². The van der Waals surface area contributed by atoms with Gasteiger partial charge in [-0.05, 0) is 12.3 Å². The van der Waals surface area contributed by atoms with Crippen LogP contribution in [-0.4, -0.2) is 20.2 Å². The van der Waals surface area contributed by atoms with Crippen LogP contribution < -0.4 is 0 Å². The lowest BCUT2D eigenvalue weighted by molar-refractivity contribution is 0.708. The van der Waals surface area contributed by atoms with Crippen LogP contribution >= 0.6 is 0 Å². The van der Waals surface area contributed by atoms with Crippen molar-refractivity contribution in [1.29, 1.82) is 0 Å². The lowest BCUT2D eigenvalue weighted by Gasteiger charge is -2.04. The maximum atomic E-state index is 4.11. The molecule has 1 N–H and O–H groups in total. The van der Waals surface area contributed by atoms with E-state index in [0.717, 1.165) is 23.1 Å². The summed E-state index contributed by atoms with van der Waals surface area (Å²) >= 11 is 0. The van der Waals surface area contributed by atoms with E-state index < -0.39 is 0 Å². The number of hydrogen-bond donors (Lipinski definition) is 1. The first-order chi connectivity index (χ1) is 6.33. The van der Waals surface area contributed by atoms with Gasteiger partial charge in [0.1, 0.15) is 6.33 Å². The number of fused-ring (bicyclic) bond motifs is 1. The van der Waals surface area contributed by atoms with E-state index in [1.54, 1.807) is 0 Å². The van der Waals surface area contributed by atoms with Crippen LogP contribution in [0, 0.1) is 0 Å². The first kappa shape index (κ1) is 8.16. The predicted molar refractivity (Wildman–Crippen MR) is 50.4 cm³/mol. The minimum absolute atomic E-state index is 0.482. The van der Waals surface area contributed by atoms with Gasteiger partial charge in [0.25, 0.3) is 0 Å². The molecule has 4 nitrogen and oxygen atoms in total. The molecule has 0 saturated heterocycles. The molecule has 1 atom stereocenters. The maximum absolute atomic E-state index is 4.11. The SMILES string of the molecule is CCC(C)c1[nH]nc2ncncc12. The Labute approximate surface area is 76.4 Å². The standard InChI is InChI=1S/C9H12N4/c1-3-6(2)8-7-4-10-5-11-9(7)13-12-8/h4-6H,3H2,1-2H3,(H,10,11,12,13). The molecule has 1 unspecified atom stereocenters. The third-order valence-corrected chi connectivity index (χ3v) is 2.37. The molecule has 4 heteroatoms. The third kappa shape index (κ3) is 1.28. The van der Waals surface area contributed by atoms with E-state index in [2.05, 4.69) is 34.0 Å². The molecule has 2 heterocycles. The van der Waals surface area contributed by atoms with Crippen LogP contribution in [0.4, 0.5) is 0 Å². The van der Waals surface area contributed by atoms with Gasteiger partial charge in [-0.15, -0.1) is 0 Å². The van der Waals surface area contributed by atoms with E-state index >= 15 is 0 Å². The summed E-state index contributed by atoms with van der Waals surface area (Å²) in [6.07, 6.45) is 4.42. The average molecular weight is 176 g/mol. The molecule has 13 heavy (non-hydrogen) atoms. The molecule has 2 aromatic rings. The van der Waals surface area contributed by atoms with Gasteiger partial charge in [-0.2, -0.15) is 5.10 Å². The summed E-state index contributed by atoms with van der Waals surface area (Å²) in [6.45, 7) is 4.32. The van der Waals surface area contributed by atoms with Crippen LogP contribution in [0.15, 0.2) is 12.5 Å². The van der Waals surface area contributed by atoms with E-state index in [1.807, 2.05) is 6.20 Å². The lowest BCUT2D eigenvalue weighted by Crippen LogP contribution is -1.92. The normalized spacial score (nSPS) is 13.4. The van der Waals surface area contributed by atoms with Gasteiger partial charge in [-0.1, -0.05) is 13.8 Å². The Bertz CT molecular complexity index is 407. The van der Waals surface area contributed by atoms with Gasteiger partial charge in [0, 0.05) is 11.9 Å². The van der Waals surface area contributed by atoms with E-state index in [1.165, 1.54) is 6.33 Å². The van der Waals surface area contributed by atoms with E-state index in [9.17, 15) is 0 Å². The smallest absolute Gasteiger partial charge is 0.184 e. The minimum atomic E-state index is 0.482. The Morgan fingerprint density at radius 1 is 1.54 bits per heavy atom. The quantitative estimate of drug-likeness (QED) is 0.759. The molecule has 0 aliphatic carbocycles. The molecule has 2 rings (SSSR count). The predicted octanol–water partition coefficient (Wildman–Crippen LogP) is 1.87. The number of hydrogen-bond acceptors (Lipinski definition) is 3. The summed E-state index contributed by atoms with van der Waals surface area (Å²) < 4.78 is 0. The summed E-state index contributed by atoms with van der Waals surface area (Å²) in [5, 5.41) is 8.16. The lowest BCUT2D eigenvalue weighted by atomic mass is 10.0. The molecule has 0 aliphatic heterocycles. The molecule has 0 saturated carbocycles. The number of aromatic amines is 1. The Morgan fingerprint density at radius 3 is 3.15 bits per heavy atom. The van der Waals surface area contributed by atoms with Crippen LogP contribution in [-0.2, 0) is 0 Å². The molecule has 68 valence electrons. The van der Waals surface area contributed by atoms with Gasteiger partial charge in [-0.25, -0.2) is 9.97 Å². The Morgan fingerprint density at radius 2 is 2.38 bits per heavy atom. The molecule has 0 amide bonds. The van der Waals surface area contributed by atoms with Crippen molar-refractivity contribution in [3.63, 3.8) is 0 Å². The van der Waals surface area contributed by atoms with Crippen molar-refractivity contribution >= 4 is 11.0 Å². The second-order valence-corrected chi connectivity index (χ2v) is 3.21. The second-order valence-electron chi connectivity index (χ2n) is 3.21. The van der Waals surface area contributed by atoms with Crippen LogP contribution in [0.1, 0.15) is 31.9 Å². The fraction of sp³-hybridized carbons (Fsp3) is 0.444. The summed E-state index contributed by atoms with van der Waals surface area (Å²) in [6, 6.07) is 0. The Hall–Kier alpha value is -1.45. The number of aromatic nitrogens is 4. The van der Waals surface area contributed by atoms with Crippen LogP contribution in [0.5, 0.6) is 0 Å². The van der Waals surface area contributed by atoms with Crippen molar-refractivity contribution in [2.75, 3.05) is 0 Å². The zero-order valence-electron chi connectivity index (χ0n) is 7.78. The largest absolute Gasteiger partial charge is 0.279 e. The van der Waals surface area contributed by atoms with Crippen molar-refractivity contribution in [3.05, 3.63) is 18.2 Å². The maximum Gasteiger partial charge on any atom is 0.184 e. The van der Waals surface area contributed by atoms with Gasteiger partial charge >= 0.3 is 0 Å². The number of nitrogens with zero attached hydrogens (tertiary/aromatic N) is 3. The van der Waals surface area contributed by atoms with Crippen molar-refractivity contribution in [2.24, 2.45) is 0 Å². The average Bonchev–Trinajstić information content (AvgIpc) is 2.60. The van der Waals surface area contributed by atoms with E-state index in [0.29, 0.717) is 5.92 Å². The molecular formula is C9H12N4. The molecule has 0 aromatic carbocycles. The molecule has 0 aliphatic rings. The highest BCUT2D eigenvalue weighted by atomic mass is 15.2. The van der Waals surface area contributed by atoms with E-state index in [4.69, 9.17) is 0 Å². The van der Waals surface area contributed by atoms with Crippen molar-refractivity contribution in [1.82, 2.24) is 20.2 Å². The highest BCUT2D eigenvalue weighted by Gasteiger charge is 2.10.